The zero-order chi connectivity index (χ0) is 16.2. The van der Waals surface area contributed by atoms with Gasteiger partial charge in [0.15, 0.2) is 5.76 Å². The number of nitrogens with one attached hydrogen (secondary N) is 1. The molecule has 1 rings (SSSR count). The number of rotatable bonds is 7. The van der Waals surface area contributed by atoms with Crippen LogP contribution in [0.15, 0.2) is 4.52 Å². The molecule has 6 heteroatoms. The summed E-state index contributed by atoms with van der Waals surface area (Å²) < 4.78 is 5.17. The zero-order valence-corrected chi connectivity index (χ0v) is 13.3. The van der Waals surface area contributed by atoms with Crippen molar-refractivity contribution in [1.82, 2.24) is 10.5 Å². The molecule has 0 bridgehead atoms. The third kappa shape index (κ3) is 4.58. The number of aliphatic carboxylic acids is 1. The molecule has 0 saturated heterocycles. The number of aryl methyl sites for hydroxylation is 1. The largest absolute Gasteiger partial charge is 0.481 e. The maximum atomic E-state index is 12.3. The van der Waals surface area contributed by atoms with Crippen LogP contribution >= 0.6 is 0 Å². The van der Waals surface area contributed by atoms with Crippen LogP contribution in [-0.4, -0.2) is 28.7 Å². The molecule has 1 unspecified atom stereocenters. The molecule has 0 radical (unpaired) electrons. The number of hydrogen-bond donors (Lipinski definition) is 2. The zero-order valence-electron chi connectivity index (χ0n) is 13.3. The lowest BCUT2D eigenvalue weighted by Crippen LogP contribution is -2.34. The van der Waals surface area contributed by atoms with Crippen molar-refractivity contribution >= 4 is 11.9 Å². The summed E-state index contributed by atoms with van der Waals surface area (Å²) >= 11 is 0. The quantitative estimate of drug-likeness (QED) is 0.806. The number of aromatic nitrogens is 1. The van der Waals surface area contributed by atoms with Crippen LogP contribution < -0.4 is 5.32 Å². The van der Waals surface area contributed by atoms with Gasteiger partial charge in [0, 0.05) is 12.5 Å². The van der Waals surface area contributed by atoms with Crippen molar-refractivity contribution in [1.29, 1.82) is 0 Å². The second kappa shape index (κ2) is 7.24. The first-order valence-corrected chi connectivity index (χ1v) is 7.21. The minimum atomic E-state index is -0.893. The normalized spacial score (nSPS) is 12.7. The van der Waals surface area contributed by atoms with Crippen molar-refractivity contribution in [2.24, 2.45) is 11.8 Å². The first kappa shape index (κ1) is 17.2. The van der Waals surface area contributed by atoms with Crippen LogP contribution in [-0.2, 0) is 4.79 Å². The lowest BCUT2D eigenvalue weighted by Gasteiger charge is -2.15. The highest BCUT2D eigenvalue weighted by molar-refractivity contribution is 5.96. The molecule has 21 heavy (non-hydrogen) atoms. The summed E-state index contributed by atoms with van der Waals surface area (Å²) in [7, 11) is 0. The van der Waals surface area contributed by atoms with E-state index in [1.165, 1.54) is 0 Å². The summed E-state index contributed by atoms with van der Waals surface area (Å²) in [5.74, 6) is -0.982. The highest BCUT2D eigenvalue weighted by Gasteiger charge is 2.25. The molecule has 1 heterocycles. The molecule has 0 fully saturated rings. The van der Waals surface area contributed by atoms with E-state index in [1.807, 2.05) is 27.7 Å². The van der Waals surface area contributed by atoms with Gasteiger partial charge in [-0.15, -0.1) is 0 Å². The number of hydrogen-bond acceptors (Lipinski definition) is 4. The Morgan fingerprint density at radius 1 is 1.29 bits per heavy atom. The molecule has 118 valence electrons. The molecule has 2 N–H and O–H groups in total. The first-order chi connectivity index (χ1) is 9.73. The fourth-order valence-corrected chi connectivity index (χ4v) is 2.20. The summed E-state index contributed by atoms with van der Waals surface area (Å²) in [5.41, 5.74) is 0.936. The number of carboxylic acid groups (broad SMARTS) is 1. The highest BCUT2D eigenvalue weighted by Crippen LogP contribution is 2.22. The van der Waals surface area contributed by atoms with Crippen molar-refractivity contribution in [3.8, 4) is 0 Å². The predicted octanol–water partition coefficient (Wildman–Crippen LogP) is 2.58. The van der Waals surface area contributed by atoms with Crippen LogP contribution in [0.1, 0.15) is 61.8 Å². The third-order valence-corrected chi connectivity index (χ3v) is 3.25. The van der Waals surface area contributed by atoms with Crippen LogP contribution in [0.4, 0.5) is 0 Å². The Kier molecular flexibility index (Phi) is 5.93. The number of carbonyl (C=O) groups is 2. The number of nitrogens with zero attached hydrogens (tertiary/aromatic N) is 1. The Morgan fingerprint density at radius 2 is 1.90 bits per heavy atom. The predicted molar refractivity (Wildman–Crippen MR) is 78.2 cm³/mol. The SMILES string of the molecule is Cc1noc(C(C)C)c1C(=O)NCC(CC(C)C)C(=O)O. The Bertz CT molecular complexity index is 506. The minimum absolute atomic E-state index is 0.0397. The van der Waals surface area contributed by atoms with E-state index in [9.17, 15) is 14.7 Å². The van der Waals surface area contributed by atoms with Gasteiger partial charge in [0.05, 0.1) is 11.6 Å². The van der Waals surface area contributed by atoms with E-state index >= 15 is 0 Å². The van der Waals surface area contributed by atoms with Crippen LogP contribution in [0.5, 0.6) is 0 Å². The van der Waals surface area contributed by atoms with Gasteiger partial charge in [-0.2, -0.15) is 0 Å². The van der Waals surface area contributed by atoms with Crippen molar-refractivity contribution in [2.75, 3.05) is 6.54 Å². The molecule has 1 aromatic heterocycles. The Hall–Kier alpha value is -1.85. The molecule has 1 atom stereocenters. The van der Waals surface area contributed by atoms with E-state index in [0.717, 1.165) is 0 Å². The van der Waals surface area contributed by atoms with Crippen LogP contribution in [0.3, 0.4) is 0 Å². The van der Waals surface area contributed by atoms with Crippen molar-refractivity contribution in [3.63, 3.8) is 0 Å². The lowest BCUT2D eigenvalue weighted by atomic mass is 9.97. The minimum Gasteiger partial charge on any atom is -0.481 e. The van der Waals surface area contributed by atoms with Gasteiger partial charge in [0.2, 0.25) is 0 Å². The Balaban J connectivity index is 2.77. The summed E-state index contributed by atoms with van der Waals surface area (Å²) in [4.78, 5) is 23.5. The van der Waals surface area contributed by atoms with E-state index in [1.54, 1.807) is 6.92 Å². The van der Waals surface area contributed by atoms with Gasteiger partial charge >= 0.3 is 5.97 Å². The summed E-state index contributed by atoms with van der Waals surface area (Å²) in [6.07, 6.45) is 0.523. The number of carbonyl (C=O) groups excluding carboxylic acids is 1. The van der Waals surface area contributed by atoms with Crippen LogP contribution in [0, 0.1) is 18.8 Å². The fraction of sp³-hybridized carbons (Fsp3) is 0.667. The van der Waals surface area contributed by atoms with Gasteiger partial charge < -0.3 is 14.9 Å². The van der Waals surface area contributed by atoms with E-state index in [2.05, 4.69) is 10.5 Å². The topological polar surface area (TPSA) is 92.4 Å². The number of amides is 1. The van der Waals surface area contributed by atoms with Crippen LogP contribution in [0.25, 0.3) is 0 Å². The monoisotopic (exact) mass is 296 g/mol. The lowest BCUT2D eigenvalue weighted by molar-refractivity contribution is -0.142. The van der Waals surface area contributed by atoms with Gasteiger partial charge in [-0.05, 0) is 19.3 Å². The van der Waals surface area contributed by atoms with Crippen molar-refractivity contribution in [3.05, 3.63) is 17.0 Å². The summed E-state index contributed by atoms with van der Waals surface area (Å²) in [6.45, 7) is 9.55. The van der Waals surface area contributed by atoms with E-state index in [4.69, 9.17) is 4.52 Å². The van der Waals surface area contributed by atoms with Gasteiger partial charge in [0.1, 0.15) is 5.56 Å². The summed E-state index contributed by atoms with van der Waals surface area (Å²) in [5, 5.41) is 15.7. The average molecular weight is 296 g/mol. The van der Waals surface area contributed by atoms with E-state index in [-0.39, 0.29) is 24.3 Å². The molecule has 0 spiro atoms. The molecule has 1 aromatic rings. The van der Waals surface area contributed by atoms with Crippen LogP contribution in [0.2, 0.25) is 0 Å². The molecule has 0 saturated carbocycles. The molecule has 0 aliphatic rings. The van der Waals surface area contributed by atoms with Gasteiger partial charge in [0.25, 0.3) is 5.91 Å². The smallest absolute Gasteiger partial charge is 0.308 e. The molecule has 0 aliphatic carbocycles. The Labute approximate surface area is 124 Å². The second-order valence-corrected chi connectivity index (χ2v) is 6.04. The summed E-state index contributed by atoms with van der Waals surface area (Å²) in [6, 6.07) is 0. The second-order valence-electron chi connectivity index (χ2n) is 6.04. The maximum Gasteiger partial charge on any atom is 0.308 e. The van der Waals surface area contributed by atoms with Gasteiger partial charge in [-0.1, -0.05) is 32.9 Å². The first-order valence-electron chi connectivity index (χ1n) is 7.21. The van der Waals surface area contributed by atoms with Crippen molar-refractivity contribution < 1.29 is 19.2 Å². The standard InChI is InChI=1S/C15H24N2O4/c1-8(2)6-11(15(19)20)7-16-14(18)12-10(5)17-21-13(12)9(3)4/h8-9,11H,6-7H2,1-5H3,(H,16,18)(H,19,20). The molecule has 1 amide bonds. The van der Waals surface area contributed by atoms with Gasteiger partial charge in [-0.25, -0.2) is 0 Å². The molecular formula is C15H24N2O4. The molecular weight excluding hydrogens is 272 g/mol. The van der Waals surface area contributed by atoms with Gasteiger partial charge in [-0.3, -0.25) is 9.59 Å². The number of carboxylic acids is 1. The fourth-order valence-electron chi connectivity index (χ4n) is 2.20. The van der Waals surface area contributed by atoms with Crippen molar-refractivity contribution in [2.45, 2.75) is 47.0 Å². The van der Waals surface area contributed by atoms with E-state index < -0.39 is 11.9 Å². The average Bonchev–Trinajstić information content (AvgIpc) is 2.75. The molecule has 0 aliphatic heterocycles. The highest BCUT2D eigenvalue weighted by atomic mass is 16.5. The Morgan fingerprint density at radius 3 is 2.38 bits per heavy atom. The third-order valence-electron chi connectivity index (χ3n) is 3.25. The molecule has 0 aromatic carbocycles. The van der Waals surface area contributed by atoms with E-state index in [0.29, 0.717) is 23.4 Å². The maximum absolute atomic E-state index is 12.3. The molecule has 6 nitrogen and oxygen atoms in total.